The summed E-state index contributed by atoms with van der Waals surface area (Å²) in [5.74, 6) is 0.543. The number of nitrogens with zero attached hydrogens (tertiary/aromatic N) is 3. The van der Waals surface area contributed by atoms with Gasteiger partial charge in [-0.1, -0.05) is 36.4 Å². The van der Waals surface area contributed by atoms with Crippen LogP contribution in [-0.4, -0.2) is 38.8 Å². The Morgan fingerprint density at radius 3 is 2.55 bits per heavy atom. The average Bonchev–Trinajstić information content (AvgIpc) is 3.32. The first-order valence-corrected chi connectivity index (χ1v) is 11.4. The van der Waals surface area contributed by atoms with Crippen LogP contribution in [0.2, 0.25) is 0 Å². The zero-order valence-corrected chi connectivity index (χ0v) is 18.2. The van der Waals surface area contributed by atoms with E-state index in [0.717, 1.165) is 48.1 Å². The largest absolute Gasteiger partial charge is 0.361 e. The van der Waals surface area contributed by atoms with Crippen molar-refractivity contribution in [3.8, 4) is 11.3 Å². The number of aromatic amines is 1. The van der Waals surface area contributed by atoms with Crippen LogP contribution in [0.5, 0.6) is 0 Å². The Bertz CT molecular complexity index is 1450. The fourth-order valence-electron chi connectivity index (χ4n) is 5.01. The Hall–Kier alpha value is -3.99. The van der Waals surface area contributed by atoms with Gasteiger partial charge in [-0.15, -0.1) is 0 Å². The molecular formula is C28H24N4O. The fourth-order valence-corrected chi connectivity index (χ4v) is 5.01. The summed E-state index contributed by atoms with van der Waals surface area (Å²) in [6, 6.07) is 22.1. The molecular weight excluding hydrogens is 408 g/mol. The van der Waals surface area contributed by atoms with Crippen molar-refractivity contribution in [2.24, 2.45) is 0 Å². The van der Waals surface area contributed by atoms with Crippen molar-refractivity contribution in [3.05, 3.63) is 96.4 Å². The molecule has 1 aliphatic heterocycles. The van der Waals surface area contributed by atoms with Gasteiger partial charge in [0.25, 0.3) is 5.91 Å². The van der Waals surface area contributed by atoms with Gasteiger partial charge in [-0.3, -0.25) is 9.78 Å². The highest BCUT2D eigenvalue weighted by molar-refractivity contribution is 6.07. The number of carbonyl (C=O) groups excluding carboxylic acids is 1. The number of likely N-dealkylation sites (tertiary alicyclic amines) is 1. The second kappa shape index (κ2) is 8.17. The number of H-pyrrole nitrogens is 1. The maximum absolute atomic E-state index is 13.7. The van der Waals surface area contributed by atoms with Crippen molar-refractivity contribution in [1.82, 2.24) is 19.9 Å². The standard InChI is InChI=1S/C28H24N4O/c33-28(32-14-11-19(12-15-32)24-18-30-25-9-3-1-8-22(24)25)23-16-27(20-6-5-13-29-17-20)31-26-10-4-2-7-21(23)26/h1-10,13,16-19,30H,11-12,14-15H2. The molecule has 1 saturated heterocycles. The number of fused-ring (bicyclic) bond motifs is 2. The molecule has 0 radical (unpaired) electrons. The van der Waals surface area contributed by atoms with E-state index in [-0.39, 0.29) is 5.91 Å². The average molecular weight is 433 g/mol. The molecule has 2 aromatic carbocycles. The number of aromatic nitrogens is 3. The van der Waals surface area contributed by atoms with Gasteiger partial charge in [0.1, 0.15) is 0 Å². The minimum atomic E-state index is 0.0797. The molecule has 5 aromatic rings. The number of hydrogen-bond donors (Lipinski definition) is 1. The molecule has 1 fully saturated rings. The fraction of sp³-hybridized carbons (Fsp3) is 0.179. The SMILES string of the molecule is O=C(c1cc(-c2cccnc2)nc2ccccc12)N1CCC(c2c[nH]c3ccccc23)CC1. The molecule has 0 saturated carbocycles. The highest BCUT2D eigenvalue weighted by atomic mass is 16.2. The van der Waals surface area contributed by atoms with Gasteiger partial charge < -0.3 is 9.88 Å². The smallest absolute Gasteiger partial charge is 0.254 e. The maximum atomic E-state index is 13.7. The first-order chi connectivity index (χ1) is 16.3. The predicted molar refractivity (Wildman–Crippen MR) is 131 cm³/mol. The monoisotopic (exact) mass is 432 g/mol. The Labute approximate surface area is 192 Å². The number of rotatable bonds is 3. The summed E-state index contributed by atoms with van der Waals surface area (Å²) < 4.78 is 0. The molecule has 0 spiro atoms. The van der Waals surface area contributed by atoms with Gasteiger partial charge in [0.2, 0.25) is 0 Å². The third-order valence-electron chi connectivity index (χ3n) is 6.75. The van der Waals surface area contributed by atoms with Crippen LogP contribution in [0.4, 0.5) is 0 Å². The van der Waals surface area contributed by atoms with Crippen LogP contribution >= 0.6 is 0 Å². The third-order valence-corrected chi connectivity index (χ3v) is 6.75. The minimum Gasteiger partial charge on any atom is -0.361 e. The van der Waals surface area contributed by atoms with Crippen LogP contribution in [0.15, 0.2) is 85.3 Å². The van der Waals surface area contributed by atoms with Crippen molar-refractivity contribution in [2.75, 3.05) is 13.1 Å². The van der Waals surface area contributed by atoms with Crippen molar-refractivity contribution < 1.29 is 4.79 Å². The van der Waals surface area contributed by atoms with E-state index >= 15 is 0 Å². The van der Waals surface area contributed by atoms with Gasteiger partial charge in [-0.25, -0.2) is 4.98 Å². The zero-order chi connectivity index (χ0) is 22.2. The normalized spacial score (nSPS) is 14.7. The molecule has 162 valence electrons. The molecule has 5 nitrogen and oxygen atoms in total. The lowest BCUT2D eigenvalue weighted by Crippen LogP contribution is -2.38. The van der Waals surface area contributed by atoms with E-state index in [9.17, 15) is 4.79 Å². The van der Waals surface area contributed by atoms with Gasteiger partial charge >= 0.3 is 0 Å². The molecule has 1 amide bonds. The summed E-state index contributed by atoms with van der Waals surface area (Å²) in [6.07, 6.45) is 7.61. The number of amides is 1. The van der Waals surface area contributed by atoms with Crippen LogP contribution in [0.3, 0.4) is 0 Å². The molecule has 0 atom stereocenters. The summed E-state index contributed by atoms with van der Waals surface area (Å²) in [5, 5.41) is 2.19. The van der Waals surface area contributed by atoms with E-state index in [1.54, 1.807) is 12.4 Å². The Kier molecular flexibility index (Phi) is 4.87. The number of carbonyl (C=O) groups is 1. The second-order valence-electron chi connectivity index (χ2n) is 8.67. The van der Waals surface area contributed by atoms with Crippen molar-refractivity contribution >= 4 is 27.7 Å². The summed E-state index contributed by atoms with van der Waals surface area (Å²) in [4.78, 5) is 28.1. The van der Waals surface area contributed by atoms with Crippen LogP contribution in [0.1, 0.15) is 34.7 Å². The molecule has 1 aliphatic rings. The molecule has 1 N–H and O–H groups in total. The van der Waals surface area contributed by atoms with Gasteiger partial charge in [0.15, 0.2) is 0 Å². The van der Waals surface area contributed by atoms with Gasteiger partial charge in [0, 0.05) is 53.5 Å². The van der Waals surface area contributed by atoms with Gasteiger partial charge in [-0.2, -0.15) is 0 Å². The number of pyridine rings is 2. The first-order valence-electron chi connectivity index (χ1n) is 11.4. The van der Waals surface area contributed by atoms with E-state index in [0.29, 0.717) is 11.5 Å². The van der Waals surface area contributed by atoms with Gasteiger partial charge in [-0.05, 0) is 54.7 Å². The van der Waals surface area contributed by atoms with E-state index in [1.165, 1.54) is 16.5 Å². The molecule has 3 aromatic heterocycles. The summed E-state index contributed by atoms with van der Waals surface area (Å²) >= 11 is 0. The molecule has 33 heavy (non-hydrogen) atoms. The number of piperidine rings is 1. The lowest BCUT2D eigenvalue weighted by molar-refractivity contribution is 0.0715. The van der Waals surface area contributed by atoms with Gasteiger partial charge in [0.05, 0.1) is 16.8 Å². The predicted octanol–water partition coefficient (Wildman–Crippen LogP) is 5.80. The number of benzene rings is 2. The number of hydrogen-bond acceptors (Lipinski definition) is 3. The van der Waals surface area contributed by atoms with Crippen molar-refractivity contribution in [3.63, 3.8) is 0 Å². The molecule has 0 bridgehead atoms. The third kappa shape index (κ3) is 3.55. The highest BCUT2D eigenvalue weighted by Gasteiger charge is 2.27. The van der Waals surface area contributed by atoms with E-state index in [1.807, 2.05) is 47.4 Å². The Morgan fingerprint density at radius 1 is 0.939 bits per heavy atom. The van der Waals surface area contributed by atoms with Crippen LogP contribution in [0.25, 0.3) is 33.1 Å². The van der Waals surface area contributed by atoms with Crippen LogP contribution in [0, 0.1) is 0 Å². The number of nitrogens with one attached hydrogen (secondary N) is 1. The molecule has 5 heteroatoms. The highest BCUT2D eigenvalue weighted by Crippen LogP contribution is 2.34. The van der Waals surface area contributed by atoms with Crippen LogP contribution in [-0.2, 0) is 0 Å². The Morgan fingerprint density at radius 2 is 1.73 bits per heavy atom. The molecule has 0 aliphatic carbocycles. The van der Waals surface area contributed by atoms with Crippen molar-refractivity contribution in [1.29, 1.82) is 0 Å². The Balaban J connectivity index is 1.29. The molecule has 6 rings (SSSR count). The molecule has 4 heterocycles. The van der Waals surface area contributed by atoms with E-state index in [4.69, 9.17) is 4.98 Å². The lowest BCUT2D eigenvalue weighted by Gasteiger charge is -2.32. The van der Waals surface area contributed by atoms with Crippen LogP contribution < -0.4 is 0 Å². The summed E-state index contributed by atoms with van der Waals surface area (Å²) in [5.41, 5.74) is 5.78. The molecule has 0 unspecified atom stereocenters. The summed E-state index contributed by atoms with van der Waals surface area (Å²) in [6.45, 7) is 1.50. The maximum Gasteiger partial charge on any atom is 0.254 e. The number of para-hydroxylation sites is 2. The lowest BCUT2D eigenvalue weighted by atomic mass is 9.89. The minimum absolute atomic E-state index is 0.0797. The summed E-state index contributed by atoms with van der Waals surface area (Å²) in [7, 11) is 0. The zero-order valence-electron chi connectivity index (χ0n) is 18.2. The van der Waals surface area contributed by atoms with E-state index < -0.39 is 0 Å². The van der Waals surface area contributed by atoms with Crippen molar-refractivity contribution in [2.45, 2.75) is 18.8 Å². The second-order valence-corrected chi connectivity index (χ2v) is 8.67. The first kappa shape index (κ1) is 19.7. The topological polar surface area (TPSA) is 61.9 Å². The van der Waals surface area contributed by atoms with E-state index in [2.05, 4.69) is 40.4 Å². The quantitative estimate of drug-likeness (QED) is 0.392.